The molecule has 0 unspecified atom stereocenters. The van der Waals surface area contributed by atoms with Gasteiger partial charge in [0.2, 0.25) is 0 Å². The molecule has 0 saturated carbocycles. The smallest absolute Gasteiger partial charge is 0.169 e. The Bertz CT molecular complexity index is 539. The number of rotatable bonds is 6. The van der Waals surface area contributed by atoms with Gasteiger partial charge in [0.1, 0.15) is 5.76 Å². The highest BCUT2D eigenvalue weighted by Crippen LogP contribution is 2.30. The van der Waals surface area contributed by atoms with Gasteiger partial charge in [-0.15, -0.1) is 0 Å². The van der Waals surface area contributed by atoms with Gasteiger partial charge in [-0.05, 0) is 47.1 Å². The van der Waals surface area contributed by atoms with Gasteiger partial charge in [-0.25, -0.2) is 0 Å². The van der Waals surface area contributed by atoms with Crippen LogP contribution < -0.4 is 14.8 Å². The summed E-state index contributed by atoms with van der Waals surface area (Å²) in [5.41, 5.74) is 0.952. The second-order valence-electron chi connectivity index (χ2n) is 3.86. The summed E-state index contributed by atoms with van der Waals surface area (Å²) in [4.78, 5) is 0. The highest BCUT2D eigenvalue weighted by Gasteiger charge is 2.06. The molecule has 2 rings (SSSR count). The second-order valence-corrected chi connectivity index (χ2v) is 4.64. The largest absolute Gasteiger partial charge is 0.493 e. The number of halogens is 1. The molecule has 1 aromatic carbocycles. The Morgan fingerprint density at radius 3 is 2.68 bits per heavy atom. The zero-order chi connectivity index (χ0) is 13.7. The van der Waals surface area contributed by atoms with Gasteiger partial charge in [-0.2, -0.15) is 0 Å². The van der Waals surface area contributed by atoms with Crippen molar-refractivity contribution in [2.75, 3.05) is 19.0 Å². The van der Waals surface area contributed by atoms with E-state index in [4.69, 9.17) is 13.9 Å². The molecule has 1 aromatic heterocycles. The molecule has 0 radical (unpaired) electrons. The van der Waals surface area contributed by atoms with Crippen LogP contribution in [0, 0.1) is 0 Å². The number of anilines is 1. The molecular formula is C14H16BrNO3. The molecular weight excluding hydrogens is 310 g/mol. The lowest BCUT2D eigenvalue weighted by Gasteiger charge is -2.11. The molecule has 0 aliphatic rings. The Kier molecular flexibility index (Phi) is 4.74. The Balaban J connectivity index is 2.04. The third-order valence-corrected chi connectivity index (χ3v) is 2.99. The van der Waals surface area contributed by atoms with E-state index < -0.39 is 0 Å². The van der Waals surface area contributed by atoms with Crippen LogP contribution in [0.3, 0.4) is 0 Å². The van der Waals surface area contributed by atoms with Gasteiger partial charge in [0.25, 0.3) is 0 Å². The lowest BCUT2D eigenvalue weighted by Crippen LogP contribution is -2.00. The van der Waals surface area contributed by atoms with E-state index in [1.807, 2.05) is 37.3 Å². The van der Waals surface area contributed by atoms with Crippen LogP contribution in [-0.4, -0.2) is 13.7 Å². The fourth-order valence-electron chi connectivity index (χ4n) is 1.69. The van der Waals surface area contributed by atoms with Crippen LogP contribution in [0.2, 0.25) is 0 Å². The van der Waals surface area contributed by atoms with Crippen molar-refractivity contribution in [3.8, 4) is 11.5 Å². The molecule has 5 heteroatoms. The van der Waals surface area contributed by atoms with E-state index in [1.54, 1.807) is 7.11 Å². The molecule has 19 heavy (non-hydrogen) atoms. The van der Waals surface area contributed by atoms with Crippen molar-refractivity contribution in [3.05, 3.63) is 40.8 Å². The third kappa shape index (κ3) is 3.67. The van der Waals surface area contributed by atoms with E-state index in [0.717, 1.165) is 21.9 Å². The molecule has 0 amide bonds. The maximum atomic E-state index is 5.47. The van der Waals surface area contributed by atoms with Crippen LogP contribution in [0.4, 0.5) is 5.69 Å². The van der Waals surface area contributed by atoms with E-state index in [-0.39, 0.29) is 0 Å². The average molecular weight is 326 g/mol. The normalized spacial score (nSPS) is 10.3. The molecule has 0 fully saturated rings. The third-order valence-electron chi connectivity index (χ3n) is 2.56. The predicted molar refractivity (Wildman–Crippen MR) is 77.9 cm³/mol. The average Bonchev–Trinajstić information content (AvgIpc) is 2.83. The van der Waals surface area contributed by atoms with Gasteiger partial charge < -0.3 is 19.2 Å². The first-order chi connectivity index (χ1) is 9.22. The molecule has 0 bridgehead atoms. The Morgan fingerprint density at radius 2 is 2.05 bits per heavy atom. The van der Waals surface area contributed by atoms with Crippen LogP contribution in [0.15, 0.2) is 39.4 Å². The maximum absolute atomic E-state index is 5.47. The minimum atomic E-state index is 0.614. The number of methoxy groups -OCH3 is 1. The zero-order valence-electron chi connectivity index (χ0n) is 10.9. The van der Waals surface area contributed by atoms with Crippen LogP contribution >= 0.6 is 15.9 Å². The van der Waals surface area contributed by atoms with Gasteiger partial charge in [-0.3, -0.25) is 0 Å². The van der Waals surface area contributed by atoms with Gasteiger partial charge in [0.15, 0.2) is 16.2 Å². The molecule has 0 saturated heterocycles. The van der Waals surface area contributed by atoms with E-state index in [1.165, 1.54) is 0 Å². The fourth-order valence-corrected chi connectivity index (χ4v) is 2.03. The van der Waals surface area contributed by atoms with Crippen LogP contribution in [0.1, 0.15) is 12.7 Å². The summed E-state index contributed by atoms with van der Waals surface area (Å²) in [5.74, 6) is 2.32. The number of furan rings is 1. The molecule has 0 aliphatic heterocycles. The number of nitrogens with one attached hydrogen (secondary N) is 1. The van der Waals surface area contributed by atoms with Gasteiger partial charge in [-0.1, -0.05) is 0 Å². The van der Waals surface area contributed by atoms with Crippen LogP contribution in [0.25, 0.3) is 0 Å². The molecule has 1 heterocycles. The van der Waals surface area contributed by atoms with Crippen molar-refractivity contribution in [1.29, 1.82) is 0 Å². The van der Waals surface area contributed by atoms with Crippen molar-refractivity contribution in [2.24, 2.45) is 0 Å². The Hall–Kier alpha value is -1.62. The number of benzene rings is 1. The number of hydrogen-bond donors (Lipinski definition) is 1. The van der Waals surface area contributed by atoms with Crippen molar-refractivity contribution in [1.82, 2.24) is 0 Å². The Labute approximate surface area is 120 Å². The molecule has 1 N–H and O–H groups in total. The highest BCUT2D eigenvalue weighted by molar-refractivity contribution is 9.10. The molecule has 0 spiro atoms. The standard InChI is InChI=1S/C14H16BrNO3/c1-3-18-12-6-4-10(8-13(12)17-2)16-9-11-5-7-14(15)19-11/h4-8,16H,3,9H2,1-2H3. The first kappa shape index (κ1) is 13.8. The zero-order valence-corrected chi connectivity index (χ0v) is 12.5. The van der Waals surface area contributed by atoms with Crippen LogP contribution in [0.5, 0.6) is 11.5 Å². The lowest BCUT2D eigenvalue weighted by molar-refractivity contribution is 0.311. The lowest BCUT2D eigenvalue weighted by atomic mass is 10.2. The second kappa shape index (κ2) is 6.52. The quantitative estimate of drug-likeness (QED) is 0.869. The summed E-state index contributed by atoms with van der Waals surface area (Å²) >= 11 is 3.28. The first-order valence-electron chi connectivity index (χ1n) is 6.02. The van der Waals surface area contributed by atoms with Gasteiger partial charge in [0.05, 0.1) is 20.3 Å². The van der Waals surface area contributed by atoms with Crippen molar-refractivity contribution < 1.29 is 13.9 Å². The van der Waals surface area contributed by atoms with Gasteiger partial charge >= 0.3 is 0 Å². The highest BCUT2D eigenvalue weighted by atomic mass is 79.9. The van der Waals surface area contributed by atoms with Crippen molar-refractivity contribution >= 4 is 21.6 Å². The molecule has 0 aliphatic carbocycles. The molecule has 4 nitrogen and oxygen atoms in total. The monoisotopic (exact) mass is 325 g/mol. The minimum absolute atomic E-state index is 0.614. The van der Waals surface area contributed by atoms with E-state index in [9.17, 15) is 0 Å². The summed E-state index contributed by atoms with van der Waals surface area (Å²) in [7, 11) is 1.63. The van der Waals surface area contributed by atoms with Crippen molar-refractivity contribution in [3.63, 3.8) is 0 Å². The summed E-state index contributed by atoms with van der Waals surface area (Å²) in [6.45, 7) is 3.17. The molecule has 102 valence electrons. The summed E-state index contributed by atoms with van der Waals surface area (Å²) in [6.07, 6.45) is 0. The Morgan fingerprint density at radius 1 is 1.21 bits per heavy atom. The molecule has 0 atom stereocenters. The fraction of sp³-hybridized carbons (Fsp3) is 0.286. The topological polar surface area (TPSA) is 43.6 Å². The number of ether oxygens (including phenoxy) is 2. The first-order valence-corrected chi connectivity index (χ1v) is 6.81. The number of hydrogen-bond acceptors (Lipinski definition) is 4. The predicted octanol–water partition coefficient (Wildman–Crippen LogP) is 4.06. The van der Waals surface area contributed by atoms with Crippen molar-refractivity contribution in [2.45, 2.75) is 13.5 Å². The summed E-state index contributed by atoms with van der Waals surface area (Å²) < 4.78 is 16.9. The van der Waals surface area contributed by atoms with E-state index in [0.29, 0.717) is 18.9 Å². The molecule has 2 aromatic rings. The summed E-state index contributed by atoms with van der Waals surface area (Å²) in [6, 6.07) is 9.54. The van der Waals surface area contributed by atoms with E-state index >= 15 is 0 Å². The van der Waals surface area contributed by atoms with Gasteiger partial charge in [0, 0.05) is 11.8 Å². The maximum Gasteiger partial charge on any atom is 0.169 e. The minimum Gasteiger partial charge on any atom is -0.493 e. The SMILES string of the molecule is CCOc1ccc(NCc2ccc(Br)o2)cc1OC. The summed E-state index contributed by atoms with van der Waals surface area (Å²) in [5, 5.41) is 3.27. The van der Waals surface area contributed by atoms with Crippen LogP contribution in [-0.2, 0) is 6.54 Å². The van der Waals surface area contributed by atoms with E-state index in [2.05, 4.69) is 21.2 Å².